The molecular formula is C22H26N2S. The Kier molecular flexibility index (Phi) is 4.00. The van der Waals surface area contributed by atoms with Crippen molar-refractivity contribution < 1.29 is 0 Å². The van der Waals surface area contributed by atoms with Gasteiger partial charge >= 0.3 is 0 Å². The minimum absolute atomic E-state index is 0.522. The van der Waals surface area contributed by atoms with Crippen molar-refractivity contribution in [2.24, 2.45) is 11.3 Å². The van der Waals surface area contributed by atoms with Crippen LogP contribution >= 0.6 is 11.8 Å². The molecule has 1 aliphatic heterocycles. The largest absolute Gasteiger partial charge is 0.370 e. The van der Waals surface area contributed by atoms with E-state index >= 15 is 0 Å². The van der Waals surface area contributed by atoms with Gasteiger partial charge in [-0.15, -0.1) is 11.8 Å². The summed E-state index contributed by atoms with van der Waals surface area (Å²) in [7, 11) is 0. The second-order valence-corrected chi connectivity index (χ2v) is 9.26. The Labute approximate surface area is 155 Å². The normalized spacial score (nSPS) is 21.5. The van der Waals surface area contributed by atoms with Crippen LogP contribution in [0.3, 0.4) is 0 Å². The molecule has 1 aromatic heterocycles. The van der Waals surface area contributed by atoms with Crippen LogP contribution in [-0.2, 0) is 12.8 Å². The van der Waals surface area contributed by atoms with Crippen molar-refractivity contribution in [1.82, 2.24) is 4.98 Å². The summed E-state index contributed by atoms with van der Waals surface area (Å²) in [6.45, 7) is 2.34. The molecule has 130 valence electrons. The van der Waals surface area contributed by atoms with E-state index in [1.165, 1.54) is 68.1 Å². The van der Waals surface area contributed by atoms with Crippen molar-refractivity contribution in [1.29, 1.82) is 0 Å². The minimum Gasteiger partial charge on any atom is -0.370 e. The fourth-order valence-corrected chi connectivity index (χ4v) is 5.53. The molecule has 0 bridgehead atoms. The predicted molar refractivity (Wildman–Crippen MR) is 105 cm³/mol. The third kappa shape index (κ3) is 3.31. The van der Waals surface area contributed by atoms with E-state index in [0.29, 0.717) is 5.41 Å². The molecular weight excluding hydrogens is 324 g/mol. The summed E-state index contributed by atoms with van der Waals surface area (Å²) in [5, 5.41) is 1.19. The van der Waals surface area contributed by atoms with Crippen LogP contribution in [0.2, 0.25) is 0 Å². The average Bonchev–Trinajstić information content (AvgIpc) is 3.41. The van der Waals surface area contributed by atoms with E-state index in [4.69, 9.17) is 4.98 Å². The van der Waals surface area contributed by atoms with Gasteiger partial charge in [-0.25, -0.2) is 4.98 Å². The number of hydrogen-bond acceptors (Lipinski definition) is 3. The average molecular weight is 351 g/mol. The topological polar surface area (TPSA) is 16.1 Å². The Morgan fingerprint density at radius 1 is 1.00 bits per heavy atom. The zero-order valence-corrected chi connectivity index (χ0v) is 15.6. The van der Waals surface area contributed by atoms with E-state index in [0.717, 1.165) is 5.92 Å². The van der Waals surface area contributed by atoms with Crippen molar-refractivity contribution >= 4 is 17.4 Å². The Morgan fingerprint density at radius 3 is 2.32 bits per heavy atom. The van der Waals surface area contributed by atoms with Gasteiger partial charge in [-0.1, -0.05) is 24.3 Å². The molecule has 0 unspecified atom stereocenters. The van der Waals surface area contributed by atoms with Gasteiger partial charge < -0.3 is 4.90 Å². The maximum absolute atomic E-state index is 4.70. The van der Waals surface area contributed by atoms with Crippen molar-refractivity contribution in [3.8, 4) is 0 Å². The van der Waals surface area contributed by atoms with E-state index in [-0.39, 0.29) is 0 Å². The van der Waals surface area contributed by atoms with E-state index in [9.17, 15) is 0 Å². The van der Waals surface area contributed by atoms with Crippen LogP contribution in [0.25, 0.3) is 0 Å². The number of aromatic nitrogens is 1. The molecule has 0 atom stereocenters. The SMILES string of the molecule is c1ccc2c(c1)CC1(CCN(c3ccc(SCC4CC4)nc3)CC1)C2. The lowest BCUT2D eigenvalue weighted by Crippen LogP contribution is -2.40. The van der Waals surface area contributed by atoms with Gasteiger partial charge in [0.2, 0.25) is 0 Å². The molecule has 1 saturated heterocycles. The molecule has 3 heteroatoms. The van der Waals surface area contributed by atoms with Crippen LogP contribution in [-0.4, -0.2) is 23.8 Å². The molecule has 1 spiro atoms. The summed E-state index contributed by atoms with van der Waals surface area (Å²) >= 11 is 1.92. The van der Waals surface area contributed by atoms with Crippen LogP contribution in [0, 0.1) is 11.3 Å². The minimum atomic E-state index is 0.522. The second kappa shape index (κ2) is 6.35. The number of benzene rings is 1. The van der Waals surface area contributed by atoms with Crippen LogP contribution < -0.4 is 4.90 Å². The first kappa shape index (κ1) is 15.7. The summed E-state index contributed by atoms with van der Waals surface area (Å²) in [6.07, 6.45) is 10.1. The smallest absolute Gasteiger partial charge is 0.0961 e. The van der Waals surface area contributed by atoms with Crippen LogP contribution in [0.4, 0.5) is 5.69 Å². The molecule has 2 aromatic rings. The van der Waals surface area contributed by atoms with Gasteiger partial charge in [-0.05, 0) is 73.1 Å². The van der Waals surface area contributed by atoms with Gasteiger partial charge in [0.1, 0.15) is 0 Å². The second-order valence-electron chi connectivity index (χ2n) is 8.22. The molecule has 1 saturated carbocycles. The van der Waals surface area contributed by atoms with E-state index < -0.39 is 0 Å². The molecule has 3 aliphatic rings. The van der Waals surface area contributed by atoms with Crippen molar-refractivity contribution in [3.05, 3.63) is 53.7 Å². The molecule has 2 aliphatic carbocycles. The van der Waals surface area contributed by atoms with E-state index in [2.05, 4.69) is 47.5 Å². The summed E-state index contributed by atoms with van der Waals surface area (Å²) < 4.78 is 0. The Morgan fingerprint density at radius 2 is 1.72 bits per heavy atom. The number of fused-ring (bicyclic) bond motifs is 1. The lowest BCUT2D eigenvalue weighted by molar-refractivity contribution is 0.233. The summed E-state index contributed by atoms with van der Waals surface area (Å²) in [6, 6.07) is 13.6. The fraction of sp³-hybridized carbons (Fsp3) is 0.500. The third-order valence-electron chi connectivity index (χ3n) is 6.32. The summed E-state index contributed by atoms with van der Waals surface area (Å²) in [4.78, 5) is 7.23. The number of anilines is 1. The number of thioether (sulfide) groups is 1. The maximum atomic E-state index is 4.70. The van der Waals surface area contributed by atoms with Gasteiger partial charge in [0.15, 0.2) is 0 Å². The van der Waals surface area contributed by atoms with Gasteiger partial charge in [0, 0.05) is 18.8 Å². The first-order valence-electron chi connectivity index (χ1n) is 9.70. The first-order valence-corrected chi connectivity index (χ1v) is 10.7. The molecule has 1 aromatic carbocycles. The van der Waals surface area contributed by atoms with Gasteiger partial charge in [0.25, 0.3) is 0 Å². The van der Waals surface area contributed by atoms with Gasteiger partial charge in [-0.2, -0.15) is 0 Å². The number of nitrogens with zero attached hydrogens (tertiary/aromatic N) is 2. The van der Waals surface area contributed by atoms with Crippen LogP contribution in [0.1, 0.15) is 36.8 Å². The lowest BCUT2D eigenvalue weighted by atomic mass is 9.76. The highest BCUT2D eigenvalue weighted by Crippen LogP contribution is 2.45. The highest BCUT2D eigenvalue weighted by atomic mass is 32.2. The summed E-state index contributed by atoms with van der Waals surface area (Å²) in [5.41, 5.74) is 5.01. The first-order chi connectivity index (χ1) is 12.3. The zero-order valence-electron chi connectivity index (χ0n) is 14.8. The molecule has 0 radical (unpaired) electrons. The third-order valence-corrected chi connectivity index (χ3v) is 7.50. The number of rotatable bonds is 4. The monoisotopic (exact) mass is 350 g/mol. The van der Waals surface area contributed by atoms with Gasteiger partial charge in [-0.3, -0.25) is 0 Å². The molecule has 0 amide bonds. The quantitative estimate of drug-likeness (QED) is 0.724. The molecule has 2 heterocycles. The molecule has 2 nitrogen and oxygen atoms in total. The van der Waals surface area contributed by atoms with Crippen molar-refractivity contribution in [2.75, 3.05) is 23.7 Å². The summed E-state index contributed by atoms with van der Waals surface area (Å²) in [5.74, 6) is 2.21. The Hall–Kier alpha value is -1.48. The number of pyridine rings is 1. The van der Waals surface area contributed by atoms with Gasteiger partial charge in [0.05, 0.1) is 16.9 Å². The fourth-order valence-electron chi connectivity index (χ4n) is 4.50. The number of hydrogen-bond donors (Lipinski definition) is 0. The van der Waals surface area contributed by atoms with Crippen molar-refractivity contribution in [2.45, 2.75) is 43.6 Å². The molecule has 5 rings (SSSR count). The van der Waals surface area contributed by atoms with Crippen LogP contribution in [0.15, 0.2) is 47.6 Å². The Bertz CT molecular complexity index is 716. The number of piperidine rings is 1. The molecule has 2 fully saturated rings. The molecule has 25 heavy (non-hydrogen) atoms. The van der Waals surface area contributed by atoms with Crippen molar-refractivity contribution in [3.63, 3.8) is 0 Å². The van der Waals surface area contributed by atoms with Crippen LogP contribution in [0.5, 0.6) is 0 Å². The van der Waals surface area contributed by atoms with E-state index in [1.54, 1.807) is 11.1 Å². The molecule has 0 N–H and O–H groups in total. The zero-order chi connectivity index (χ0) is 16.7. The highest BCUT2D eigenvalue weighted by molar-refractivity contribution is 7.99. The van der Waals surface area contributed by atoms with E-state index in [1.807, 2.05) is 11.8 Å². The standard InChI is InChI=1S/C22H26N2S/c1-2-4-19-14-22(13-18(19)3-1)9-11-24(12-10-22)20-7-8-21(23-15-20)25-16-17-5-6-17/h1-4,7-8,15,17H,5-6,9-14,16H2. The Balaban J connectivity index is 1.20. The lowest BCUT2D eigenvalue weighted by Gasteiger charge is -2.40. The highest BCUT2D eigenvalue weighted by Gasteiger charge is 2.39. The maximum Gasteiger partial charge on any atom is 0.0961 e. The predicted octanol–water partition coefficient (Wildman–Crippen LogP) is 4.97.